The number of hydrogen-bond acceptors (Lipinski definition) is 4. The van der Waals surface area contributed by atoms with E-state index < -0.39 is 28.0 Å². The molecule has 6 nitrogen and oxygen atoms in total. The van der Waals surface area contributed by atoms with E-state index in [1.165, 1.54) is 154 Å². The lowest BCUT2D eigenvalue weighted by Gasteiger charge is -2.21. The quantitative estimate of drug-likeness (QED) is 0.0346. The van der Waals surface area contributed by atoms with Crippen molar-refractivity contribution < 1.29 is 22.9 Å². The average molecular weight is 684 g/mol. The van der Waals surface area contributed by atoms with Gasteiger partial charge in [0.05, 0.1) is 17.9 Å². The van der Waals surface area contributed by atoms with E-state index in [1.54, 1.807) is 6.08 Å². The Kier molecular flexibility index (Phi) is 33.8. The fraction of sp³-hybridized carbons (Fsp3) is 0.875. The van der Waals surface area contributed by atoms with Crippen molar-refractivity contribution in [2.75, 3.05) is 5.75 Å². The van der Waals surface area contributed by atoms with E-state index in [1.807, 2.05) is 0 Å². The van der Waals surface area contributed by atoms with Crippen LogP contribution < -0.4 is 5.32 Å². The molecule has 1 amide bonds. The lowest BCUT2D eigenvalue weighted by molar-refractivity contribution is -0.122. The number of nitrogens with one attached hydrogen (secondary N) is 1. The predicted molar refractivity (Wildman–Crippen MR) is 202 cm³/mol. The Bertz CT molecular complexity index is 842. The summed E-state index contributed by atoms with van der Waals surface area (Å²) >= 11 is 0. The van der Waals surface area contributed by atoms with Crippen LogP contribution in [-0.2, 0) is 14.9 Å². The number of unbranched alkanes of at least 4 members (excludes halogenated alkanes) is 26. The molecule has 0 heterocycles. The maximum atomic E-state index is 12.5. The average Bonchev–Trinajstić information content (AvgIpc) is 3.03. The molecule has 0 aromatic carbocycles. The highest BCUT2D eigenvalue weighted by Crippen LogP contribution is 2.15. The topological polar surface area (TPSA) is 104 Å². The molecule has 2 unspecified atom stereocenters. The molecule has 0 saturated carbocycles. The molecule has 0 saturated heterocycles. The van der Waals surface area contributed by atoms with Gasteiger partial charge in [0.1, 0.15) is 0 Å². The maximum absolute atomic E-state index is 12.5. The van der Waals surface area contributed by atoms with Crippen molar-refractivity contribution >= 4 is 16.0 Å². The van der Waals surface area contributed by atoms with Gasteiger partial charge in [0.15, 0.2) is 0 Å². The molecule has 0 radical (unpaired) electrons. The minimum absolute atomic E-state index is 0.286. The first kappa shape index (κ1) is 45.8. The number of rotatable bonds is 36. The lowest BCUT2D eigenvalue weighted by atomic mass is 10.0. The third-order valence-corrected chi connectivity index (χ3v) is 9.91. The molecule has 7 heteroatoms. The summed E-state index contributed by atoms with van der Waals surface area (Å²) in [5.41, 5.74) is 0. The van der Waals surface area contributed by atoms with Gasteiger partial charge >= 0.3 is 0 Å². The van der Waals surface area contributed by atoms with Gasteiger partial charge in [0.25, 0.3) is 10.1 Å². The third-order valence-electron chi connectivity index (χ3n) is 9.13. The Morgan fingerprint density at radius 3 is 1.34 bits per heavy atom. The summed E-state index contributed by atoms with van der Waals surface area (Å²) in [7, 11) is -4.34. The highest BCUT2D eigenvalue weighted by molar-refractivity contribution is 7.85. The first-order chi connectivity index (χ1) is 22.8. The van der Waals surface area contributed by atoms with Crippen LogP contribution in [0.3, 0.4) is 0 Å². The number of carbonyl (C=O) groups is 1. The van der Waals surface area contributed by atoms with E-state index in [-0.39, 0.29) is 5.91 Å². The van der Waals surface area contributed by atoms with Crippen LogP contribution in [0.2, 0.25) is 0 Å². The Balaban J connectivity index is 3.84. The van der Waals surface area contributed by atoms with E-state index in [0.717, 1.165) is 38.5 Å². The summed E-state index contributed by atoms with van der Waals surface area (Å²) in [6, 6.07) is -1.07. The molecule has 47 heavy (non-hydrogen) atoms. The van der Waals surface area contributed by atoms with Crippen molar-refractivity contribution in [3.05, 3.63) is 24.3 Å². The number of amides is 1. The van der Waals surface area contributed by atoms with E-state index in [2.05, 4.69) is 31.3 Å². The fourth-order valence-corrected chi connectivity index (χ4v) is 6.85. The van der Waals surface area contributed by atoms with Crippen molar-refractivity contribution in [3.63, 3.8) is 0 Å². The molecule has 0 fully saturated rings. The van der Waals surface area contributed by atoms with Crippen LogP contribution in [0.25, 0.3) is 0 Å². The van der Waals surface area contributed by atoms with Gasteiger partial charge in [-0.15, -0.1) is 0 Å². The highest BCUT2D eigenvalue weighted by Gasteiger charge is 2.24. The zero-order valence-electron chi connectivity index (χ0n) is 30.9. The summed E-state index contributed by atoms with van der Waals surface area (Å²) in [6.07, 6.45) is 43.2. The second-order valence-corrected chi connectivity index (χ2v) is 15.4. The monoisotopic (exact) mass is 684 g/mol. The zero-order valence-corrected chi connectivity index (χ0v) is 31.7. The number of aliphatic hydroxyl groups is 1. The number of hydrogen-bond donors (Lipinski definition) is 3. The van der Waals surface area contributed by atoms with Gasteiger partial charge in [-0.05, 0) is 32.1 Å². The minimum Gasteiger partial charge on any atom is -0.387 e. The Hall–Kier alpha value is -1.18. The van der Waals surface area contributed by atoms with E-state index >= 15 is 0 Å². The molecule has 0 aliphatic carbocycles. The van der Waals surface area contributed by atoms with Crippen molar-refractivity contribution in [1.29, 1.82) is 0 Å². The summed E-state index contributed by atoms with van der Waals surface area (Å²) in [4.78, 5) is 12.5. The summed E-state index contributed by atoms with van der Waals surface area (Å²) in [5.74, 6) is -0.993. The van der Waals surface area contributed by atoms with E-state index in [9.17, 15) is 22.9 Å². The highest BCUT2D eigenvalue weighted by atomic mass is 32.2. The van der Waals surface area contributed by atoms with Gasteiger partial charge in [-0.3, -0.25) is 9.35 Å². The first-order valence-corrected chi connectivity index (χ1v) is 21.6. The van der Waals surface area contributed by atoms with Crippen molar-refractivity contribution in [2.24, 2.45) is 0 Å². The molecule has 0 bridgehead atoms. The van der Waals surface area contributed by atoms with Crippen LogP contribution in [-0.4, -0.2) is 41.9 Å². The normalized spacial score (nSPS) is 13.5. The summed E-state index contributed by atoms with van der Waals surface area (Å²) in [5, 5.41) is 13.1. The molecule has 2 atom stereocenters. The van der Waals surface area contributed by atoms with Crippen LogP contribution in [0.1, 0.15) is 206 Å². The molecule has 278 valence electrons. The molecule has 0 aromatic heterocycles. The second-order valence-electron chi connectivity index (χ2n) is 13.9. The first-order valence-electron chi connectivity index (χ1n) is 20.0. The Morgan fingerprint density at radius 2 is 0.915 bits per heavy atom. The van der Waals surface area contributed by atoms with Crippen molar-refractivity contribution in [2.45, 2.75) is 219 Å². The maximum Gasteiger partial charge on any atom is 0.267 e. The molecule has 0 rings (SSSR count). The summed E-state index contributed by atoms with van der Waals surface area (Å²) in [6.45, 7) is 4.49. The van der Waals surface area contributed by atoms with Crippen LogP contribution >= 0.6 is 0 Å². The molecule has 0 aliphatic heterocycles. The van der Waals surface area contributed by atoms with Gasteiger partial charge in [0, 0.05) is 6.42 Å². The standard InChI is InChI=1S/C40H77NO5S/c1-3-5-7-9-11-13-15-16-17-18-19-20-21-22-23-24-26-28-30-32-34-36-40(43)41-38(37-47(44,45)46)39(42)35-33-31-29-27-25-14-12-10-8-6-4-2/h25,27,33,35,38-39,42H,3-24,26,28-32,34,36-37H2,1-2H3,(H,41,43)(H,44,45,46)/b27-25+,35-33+. The van der Waals surface area contributed by atoms with E-state index in [4.69, 9.17) is 0 Å². The van der Waals surface area contributed by atoms with Crippen molar-refractivity contribution in [1.82, 2.24) is 5.32 Å². The second kappa shape index (κ2) is 34.7. The largest absolute Gasteiger partial charge is 0.387 e. The van der Waals surface area contributed by atoms with Gasteiger partial charge in [-0.1, -0.05) is 192 Å². The molecule has 3 N–H and O–H groups in total. The van der Waals surface area contributed by atoms with Crippen LogP contribution in [0, 0.1) is 0 Å². The van der Waals surface area contributed by atoms with E-state index in [0.29, 0.717) is 6.42 Å². The molecular weight excluding hydrogens is 607 g/mol. The molecule has 0 aromatic rings. The number of allylic oxidation sites excluding steroid dienone is 3. The molecule has 0 aliphatic rings. The van der Waals surface area contributed by atoms with Crippen LogP contribution in [0.5, 0.6) is 0 Å². The van der Waals surface area contributed by atoms with Gasteiger partial charge in [-0.25, -0.2) is 0 Å². The lowest BCUT2D eigenvalue weighted by Crippen LogP contribution is -2.46. The molecular formula is C40H77NO5S. The molecule has 0 spiro atoms. The Morgan fingerprint density at radius 1 is 0.553 bits per heavy atom. The third kappa shape index (κ3) is 35.9. The van der Waals surface area contributed by atoms with Crippen LogP contribution in [0.15, 0.2) is 24.3 Å². The van der Waals surface area contributed by atoms with Crippen molar-refractivity contribution in [3.8, 4) is 0 Å². The smallest absolute Gasteiger partial charge is 0.267 e. The SMILES string of the molecule is CCCCCCC/C=C/CC/C=C/C(O)C(CS(=O)(=O)O)NC(=O)CCCCCCCCCCCCCCCCCCCCCCC. The summed E-state index contributed by atoms with van der Waals surface area (Å²) < 4.78 is 32.3. The predicted octanol–water partition coefficient (Wildman–Crippen LogP) is 11.6. The van der Waals surface area contributed by atoms with Crippen LogP contribution in [0.4, 0.5) is 0 Å². The zero-order chi connectivity index (χ0) is 34.7. The minimum atomic E-state index is -4.34. The fourth-order valence-electron chi connectivity index (χ4n) is 6.11. The number of carbonyl (C=O) groups excluding carboxylic acids is 1. The number of aliphatic hydroxyl groups excluding tert-OH is 1. The van der Waals surface area contributed by atoms with Gasteiger partial charge in [-0.2, -0.15) is 8.42 Å². The van der Waals surface area contributed by atoms with Gasteiger partial charge < -0.3 is 10.4 Å². The Labute approximate surface area is 292 Å². The van der Waals surface area contributed by atoms with Gasteiger partial charge in [0.2, 0.25) is 5.91 Å².